The molecule has 0 aliphatic heterocycles. The molecule has 5 nitrogen and oxygen atoms in total. The zero-order valence-corrected chi connectivity index (χ0v) is 18.5. The molecule has 0 atom stereocenters. The first-order valence-corrected chi connectivity index (χ1v) is 10.3. The summed E-state index contributed by atoms with van der Waals surface area (Å²) in [6, 6.07) is 23.6. The lowest BCUT2D eigenvalue weighted by atomic mass is 9.87. The van der Waals surface area contributed by atoms with Crippen molar-refractivity contribution in [3.63, 3.8) is 0 Å². The van der Waals surface area contributed by atoms with Crippen LogP contribution >= 0.6 is 12.2 Å². The lowest BCUT2D eigenvalue weighted by Gasteiger charge is -2.19. The van der Waals surface area contributed by atoms with E-state index in [4.69, 9.17) is 12.2 Å². The molecular weight excluding hydrogens is 406 g/mol. The molecular formula is C25H25N3O2S. The van der Waals surface area contributed by atoms with Gasteiger partial charge in [0.25, 0.3) is 11.8 Å². The van der Waals surface area contributed by atoms with E-state index >= 15 is 0 Å². The van der Waals surface area contributed by atoms with E-state index in [-0.39, 0.29) is 22.3 Å². The van der Waals surface area contributed by atoms with Crippen LogP contribution in [0.2, 0.25) is 0 Å². The fourth-order valence-corrected chi connectivity index (χ4v) is 3.10. The Labute approximate surface area is 187 Å². The summed E-state index contributed by atoms with van der Waals surface area (Å²) in [7, 11) is 0. The van der Waals surface area contributed by atoms with Crippen LogP contribution < -0.4 is 16.0 Å². The molecule has 3 N–H and O–H groups in total. The highest BCUT2D eigenvalue weighted by Gasteiger charge is 2.15. The van der Waals surface area contributed by atoms with E-state index in [0.717, 1.165) is 5.56 Å². The SMILES string of the molecule is CC(C)(C)c1ccc(C(=O)NC(=S)Nc2ccc(NC(=O)c3ccccc3)cc2)cc1. The van der Waals surface area contributed by atoms with Gasteiger partial charge in [0.15, 0.2) is 5.11 Å². The van der Waals surface area contributed by atoms with Gasteiger partial charge < -0.3 is 10.6 Å². The minimum absolute atomic E-state index is 0.0264. The van der Waals surface area contributed by atoms with Crippen molar-refractivity contribution in [2.45, 2.75) is 26.2 Å². The first kappa shape index (κ1) is 22.2. The van der Waals surface area contributed by atoms with Crippen LogP contribution in [0.1, 0.15) is 47.1 Å². The molecule has 0 aliphatic rings. The van der Waals surface area contributed by atoms with Crippen molar-refractivity contribution < 1.29 is 9.59 Å². The number of thiocarbonyl (C=S) groups is 1. The van der Waals surface area contributed by atoms with E-state index in [1.54, 1.807) is 48.5 Å². The molecule has 6 heteroatoms. The minimum Gasteiger partial charge on any atom is -0.332 e. The van der Waals surface area contributed by atoms with E-state index in [1.165, 1.54) is 0 Å². The maximum Gasteiger partial charge on any atom is 0.257 e. The van der Waals surface area contributed by atoms with Gasteiger partial charge in [-0.2, -0.15) is 0 Å². The molecule has 158 valence electrons. The number of carbonyl (C=O) groups is 2. The van der Waals surface area contributed by atoms with Gasteiger partial charge in [-0.25, -0.2) is 0 Å². The second-order valence-electron chi connectivity index (χ2n) is 8.13. The Balaban J connectivity index is 1.54. The van der Waals surface area contributed by atoms with Gasteiger partial charge in [-0.15, -0.1) is 0 Å². The van der Waals surface area contributed by atoms with E-state index in [0.29, 0.717) is 22.5 Å². The number of carbonyl (C=O) groups excluding carboxylic acids is 2. The fraction of sp³-hybridized carbons (Fsp3) is 0.160. The predicted molar refractivity (Wildman–Crippen MR) is 130 cm³/mol. The summed E-state index contributed by atoms with van der Waals surface area (Å²) in [5, 5.41) is 8.70. The maximum atomic E-state index is 12.4. The molecule has 0 aromatic heterocycles. The summed E-state index contributed by atoms with van der Waals surface area (Å²) in [6.07, 6.45) is 0. The number of benzene rings is 3. The van der Waals surface area contributed by atoms with Gasteiger partial charge in [0.1, 0.15) is 0 Å². The Morgan fingerprint density at radius 3 is 1.74 bits per heavy atom. The standard InChI is InChI=1S/C25H25N3O2S/c1-25(2,3)19-11-9-18(10-12-19)23(30)28-24(31)27-21-15-13-20(14-16-21)26-22(29)17-7-5-4-6-8-17/h4-16H,1-3H3,(H,26,29)(H2,27,28,30,31). The molecule has 0 radical (unpaired) electrons. The zero-order valence-electron chi connectivity index (χ0n) is 17.7. The van der Waals surface area contributed by atoms with Gasteiger partial charge in [0.05, 0.1) is 0 Å². The molecule has 3 rings (SSSR count). The number of anilines is 2. The monoisotopic (exact) mass is 431 g/mol. The third-order valence-corrected chi connectivity index (χ3v) is 4.88. The zero-order chi connectivity index (χ0) is 22.4. The van der Waals surface area contributed by atoms with Crippen molar-refractivity contribution in [3.05, 3.63) is 95.6 Å². The summed E-state index contributed by atoms with van der Waals surface area (Å²) >= 11 is 5.25. The highest BCUT2D eigenvalue weighted by Crippen LogP contribution is 2.22. The summed E-state index contributed by atoms with van der Waals surface area (Å²) in [5.41, 5.74) is 3.67. The topological polar surface area (TPSA) is 70.2 Å². The highest BCUT2D eigenvalue weighted by molar-refractivity contribution is 7.80. The van der Waals surface area contributed by atoms with Crippen LogP contribution in [-0.2, 0) is 5.41 Å². The molecule has 3 aromatic rings. The quantitative estimate of drug-likeness (QED) is 0.486. The van der Waals surface area contributed by atoms with E-state index < -0.39 is 0 Å². The Kier molecular flexibility index (Phi) is 6.82. The second-order valence-corrected chi connectivity index (χ2v) is 8.54. The smallest absolute Gasteiger partial charge is 0.257 e. The molecule has 0 heterocycles. The number of hydrogen-bond donors (Lipinski definition) is 3. The molecule has 0 aliphatic carbocycles. The predicted octanol–water partition coefficient (Wildman–Crippen LogP) is 5.36. The lowest BCUT2D eigenvalue weighted by molar-refractivity contribution is 0.0976. The van der Waals surface area contributed by atoms with E-state index in [1.807, 2.05) is 30.3 Å². The molecule has 0 spiro atoms. The highest BCUT2D eigenvalue weighted by atomic mass is 32.1. The average Bonchev–Trinajstić information content (AvgIpc) is 2.75. The molecule has 0 bridgehead atoms. The van der Waals surface area contributed by atoms with Crippen LogP contribution in [0.5, 0.6) is 0 Å². The van der Waals surface area contributed by atoms with Crippen molar-refractivity contribution in [2.75, 3.05) is 10.6 Å². The van der Waals surface area contributed by atoms with E-state index in [9.17, 15) is 9.59 Å². The first-order valence-electron chi connectivity index (χ1n) is 9.92. The normalized spacial score (nSPS) is 10.8. The Morgan fingerprint density at radius 2 is 1.19 bits per heavy atom. The van der Waals surface area contributed by atoms with Crippen LogP contribution in [0, 0.1) is 0 Å². The van der Waals surface area contributed by atoms with Gasteiger partial charge in [-0.3, -0.25) is 14.9 Å². The summed E-state index contributed by atoms with van der Waals surface area (Å²) in [6.45, 7) is 6.37. The molecule has 3 aromatic carbocycles. The molecule has 31 heavy (non-hydrogen) atoms. The van der Waals surface area contributed by atoms with Crippen LogP contribution in [0.3, 0.4) is 0 Å². The third-order valence-electron chi connectivity index (χ3n) is 4.68. The molecule has 0 saturated carbocycles. The maximum absolute atomic E-state index is 12.4. The van der Waals surface area contributed by atoms with Crippen LogP contribution in [0.15, 0.2) is 78.9 Å². The Bertz CT molecular complexity index is 1070. The van der Waals surface area contributed by atoms with Gasteiger partial charge in [-0.05, 0) is 71.7 Å². The molecule has 0 unspecified atom stereocenters. The van der Waals surface area contributed by atoms with Crippen LogP contribution in [0.4, 0.5) is 11.4 Å². The Morgan fingerprint density at radius 1 is 0.677 bits per heavy atom. The number of hydrogen-bond acceptors (Lipinski definition) is 3. The minimum atomic E-state index is -0.273. The number of amides is 2. The average molecular weight is 432 g/mol. The van der Waals surface area contributed by atoms with Gasteiger partial charge in [-0.1, -0.05) is 51.1 Å². The lowest BCUT2D eigenvalue weighted by Crippen LogP contribution is -2.34. The van der Waals surface area contributed by atoms with Crippen molar-refractivity contribution in [3.8, 4) is 0 Å². The summed E-state index contributed by atoms with van der Waals surface area (Å²) in [5.74, 6) is -0.453. The Hall–Kier alpha value is -3.51. The molecule has 2 amide bonds. The first-order chi connectivity index (χ1) is 14.7. The van der Waals surface area contributed by atoms with Gasteiger partial charge in [0.2, 0.25) is 0 Å². The number of nitrogens with one attached hydrogen (secondary N) is 3. The van der Waals surface area contributed by atoms with Crippen molar-refractivity contribution in [1.82, 2.24) is 5.32 Å². The van der Waals surface area contributed by atoms with Crippen LogP contribution in [0.25, 0.3) is 0 Å². The van der Waals surface area contributed by atoms with Crippen LogP contribution in [-0.4, -0.2) is 16.9 Å². The number of rotatable bonds is 4. The van der Waals surface area contributed by atoms with Crippen molar-refractivity contribution in [1.29, 1.82) is 0 Å². The third kappa shape index (κ3) is 6.23. The fourth-order valence-electron chi connectivity index (χ4n) is 2.89. The summed E-state index contributed by atoms with van der Waals surface area (Å²) < 4.78 is 0. The van der Waals surface area contributed by atoms with Crippen molar-refractivity contribution >= 4 is 40.5 Å². The molecule has 0 saturated heterocycles. The second kappa shape index (κ2) is 9.53. The summed E-state index contributed by atoms with van der Waals surface area (Å²) in [4.78, 5) is 24.6. The molecule has 0 fully saturated rings. The largest absolute Gasteiger partial charge is 0.332 e. The van der Waals surface area contributed by atoms with Gasteiger partial charge >= 0.3 is 0 Å². The van der Waals surface area contributed by atoms with Crippen molar-refractivity contribution in [2.24, 2.45) is 0 Å². The van der Waals surface area contributed by atoms with Gasteiger partial charge in [0, 0.05) is 22.5 Å². The van der Waals surface area contributed by atoms with E-state index in [2.05, 4.69) is 36.7 Å².